The third kappa shape index (κ3) is 48.9. The number of unbranched alkanes of at least 4 members (excludes halogenated alkanes) is 34. The Kier molecular flexibility index (Phi) is 46.3. The molecule has 0 aromatic heterocycles. The van der Waals surface area contributed by atoms with E-state index in [4.69, 9.17) is 9.05 Å². The molecule has 0 aliphatic rings. The molecule has 0 aromatic carbocycles. The monoisotopic (exact) mass is 926 g/mol. The lowest BCUT2D eigenvalue weighted by molar-refractivity contribution is -0.870. The highest BCUT2D eigenvalue weighted by Gasteiger charge is 2.28. The summed E-state index contributed by atoms with van der Waals surface area (Å²) in [5.74, 6) is -0.149. The molecule has 0 radical (unpaired) electrons. The molecule has 3 N–H and O–H groups in total. The van der Waals surface area contributed by atoms with Crippen LogP contribution in [0.3, 0.4) is 0 Å². The third-order valence-electron chi connectivity index (χ3n) is 12.7. The van der Waals surface area contributed by atoms with Crippen LogP contribution >= 0.6 is 7.82 Å². The maximum atomic E-state index is 13.0. The molecule has 64 heavy (non-hydrogen) atoms. The highest BCUT2D eigenvalue weighted by molar-refractivity contribution is 7.47. The Bertz CT molecular complexity index is 1090. The molecular weight excluding hydrogens is 816 g/mol. The second kappa shape index (κ2) is 47.1. The van der Waals surface area contributed by atoms with Crippen molar-refractivity contribution in [1.29, 1.82) is 0 Å². The summed E-state index contributed by atoms with van der Waals surface area (Å²) in [6, 6.07) is -0.764. The van der Waals surface area contributed by atoms with Gasteiger partial charge >= 0.3 is 7.82 Å². The first-order chi connectivity index (χ1) is 31.0. The number of carbonyl (C=O) groups is 1. The number of aliphatic hydroxyl groups excluding tert-OH is 1. The van der Waals surface area contributed by atoms with Crippen LogP contribution in [0.1, 0.15) is 271 Å². The Hall–Kier alpha value is -1.02. The molecule has 0 aromatic rings. The predicted molar refractivity (Wildman–Crippen MR) is 277 cm³/mol. The fourth-order valence-corrected chi connectivity index (χ4v) is 9.05. The van der Waals surface area contributed by atoms with Crippen LogP contribution in [-0.4, -0.2) is 73.4 Å². The summed E-state index contributed by atoms with van der Waals surface area (Å²) in [6.07, 6.45) is 57.9. The molecule has 0 fully saturated rings. The molecule has 9 heteroatoms. The Morgan fingerprint density at radius 3 is 1.30 bits per heavy atom. The van der Waals surface area contributed by atoms with E-state index in [1.165, 1.54) is 193 Å². The number of carbonyl (C=O) groups excluding carboxylic acids is 1. The zero-order valence-electron chi connectivity index (χ0n) is 43.3. The second-order valence-corrected chi connectivity index (χ2v) is 21.8. The molecule has 3 atom stereocenters. The standard InChI is InChI=1S/C55H109N2O6P/c1-6-8-10-12-14-16-18-20-22-24-26-27-28-29-30-31-32-34-36-38-40-42-44-46-48-54(58)53(52-63-64(60,61)62-51-50-57(3,4)5)56-55(59)49-47-45-43-41-39-37-35-33-25-23-21-19-17-15-13-11-9-7-2/h17,19,23,25,53-54,58H,6-16,18,20-22,24,26-52H2,1-5H3,(H-,56,59,60,61)/p+1/b19-17-,25-23-. The number of hydrogen-bond acceptors (Lipinski definition) is 5. The molecule has 8 nitrogen and oxygen atoms in total. The van der Waals surface area contributed by atoms with Crippen molar-refractivity contribution in [2.45, 2.75) is 283 Å². The summed E-state index contributed by atoms with van der Waals surface area (Å²) in [6.45, 7) is 4.90. The van der Waals surface area contributed by atoms with Gasteiger partial charge in [-0.05, 0) is 44.9 Å². The second-order valence-electron chi connectivity index (χ2n) is 20.3. The molecule has 0 heterocycles. The molecule has 0 spiro atoms. The Balaban J connectivity index is 4.19. The van der Waals surface area contributed by atoms with Crippen molar-refractivity contribution in [2.24, 2.45) is 0 Å². The zero-order valence-corrected chi connectivity index (χ0v) is 44.2. The summed E-state index contributed by atoms with van der Waals surface area (Å²) >= 11 is 0. The average molecular weight is 926 g/mol. The van der Waals surface area contributed by atoms with Gasteiger partial charge in [-0.3, -0.25) is 13.8 Å². The van der Waals surface area contributed by atoms with E-state index in [9.17, 15) is 19.4 Å². The molecule has 0 saturated carbocycles. The summed E-state index contributed by atoms with van der Waals surface area (Å²) in [5.41, 5.74) is 0. The summed E-state index contributed by atoms with van der Waals surface area (Å²) < 4.78 is 23.8. The van der Waals surface area contributed by atoms with Gasteiger partial charge < -0.3 is 19.8 Å². The Morgan fingerprint density at radius 1 is 0.531 bits per heavy atom. The SMILES string of the molecule is CCCCCC/C=C\C/C=C\CCCCCCCCCC(=O)NC(COP(=O)(O)OCC[N+](C)(C)C)C(O)CCCCCCCCCCCCCCCCCCCCCCCCCC. The number of hydrogen-bond donors (Lipinski definition) is 3. The lowest BCUT2D eigenvalue weighted by atomic mass is 10.0. The highest BCUT2D eigenvalue weighted by Crippen LogP contribution is 2.43. The number of rotatable bonds is 51. The predicted octanol–water partition coefficient (Wildman–Crippen LogP) is 16.4. The van der Waals surface area contributed by atoms with E-state index in [-0.39, 0.29) is 19.1 Å². The minimum Gasteiger partial charge on any atom is -0.391 e. The first-order valence-corrected chi connectivity index (χ1v) is 29.2. The lowest BCUT2D eigenvalue weighted by Crippen LogP contribution is -2.46. The maximum Gasteiger partial charge on any atom is 0.472 e. The van der Waals surface area contributed by atoms with Gasteiger partial charge in [-0.15, -0.1) is 0 Å². The number of phosphoric acid groups is 1. The smallest absolute Gasteiger partial charge is 0.391 e. The first kappa shape index (κ1) is 63.0. The summed E-state index contributed by atoms with van der Waals surface area (Å²) in [7, 11) is 1.62. The lowest BCUT2D eigenvalue weighted by Gasteiger charge is -2.26. The topological polar surface area (TPSA) is 105 Å². The van der Waals surface area contributed by atoms with Crippen molar-refractivity contribution in [3.8, 4) is 0 Å². The van der Waals surface area contributed by atoms with Crippen molar-refractivity contribution >= 4 is 13.7 Å². The van der Waals surface area contributed by atoms with Gasteiger partial charge in [0.2, 0.25) is 5.91 Å². The molecule has 0 saturated heterocycles. The quantitative estimate of drug-likeness (QED) is 0.0243. The minimum absolute atomic E-state index is 0.0740. The van der Waals surface area contributed by atoms with Crippen molar-refractivity contribution < 1.29 is 32.9 Å². The molecule has 0 aliphatic carbocycles. The van der Waals surface area contributed by atoms with E-state index in [0.717, 1.165) is 51.4 Å². The number of nitrogens with zero attached hydrogens (tertiary/aromatic N) is 1. The van der Waals surface area contributed by atoms with Gasteiger partial charge in [-0.25, -0.2) is 4.57 Å². The molecule has 380 valence electrons. The largest absolute Gasteiger partial charge is 0.472 e. The minimum atomic E-state index is -4.32. The van der Waals surface area contributed by atoms with Crippen LogP contribution in [-0.2, 0) is 18.4 Å². The number of phosphoric ester groups is 1. The average Bonchev–Trinajstić information content (AvgIpc) is 3.25. The number of nitrogens with one attached hydrogen (secondary N) is 1. The van der Waals surface area contributed by atoms with Crippen molar-refractivity contribution in [3.63, 3.8) is 0 Å². The molecule has 0 aliphatic heterocycles. The number of aliphatic hydroxyl groups is 1. The maximum absolute atomic E-state index is 13.0. The fourth-order valence-electron chi connectivity index (χ4n) is 8.31. The number of quaternary nitrogens is 1. The van der Waals surface area contributed by atoms with Crippen molar-refractivity contribution in [3.05, 3.63) is 24.3 Å². The number of likely N-dealkylation sites (N-methyl/N-ethyl adjacent to an activating group) is 1. The van der Waals surface area contributed by atoms with Crippen molar-refractivity contribution in [1.82, 2.24) is 5.32 Å². The van der Waals surface area contributed by atoms with Gasteiger partial charge in [0.15, 0.2) is 0 Å². The zero-order chi connectivity index (χ0) is 47.1. The molecule has 3 unspecified atom stereocenters. The molecule has 0 rings (SSSR count). The van der Waals surface area contributed by atoms with Gasteiger partial charge in [0, 0.05) is 6.42 Å². The first-order valence-electron chi connectivity index (χ1n) is 27.7. The third-order valence-corrected chi connectivity index (χ3v) is 13.7. The normalized spacial score (nSPS) is 14.2. The van der Waals surface area contributed by atoms with Crippen molar-refractivity contribution in [2.75, 3.05) is 40.9 Å². The van der Waals surface area contributed by atoms with E-state index in [0.29, 0.717) is 23.9 Å². The van der Waals surface area contributed by atoms with E-state index in [1.54, 1.807) is 0 Å². The van der Waals surface area contributed by atoms with Crippen LogP contribution in [0.15, 0.2) is 24.3 Å². The van der Waals surface area contributed by atoms with Gasteiger partial charge in [0.05, 0.1) is 39.9 Å². The Morgan fingerprint density at radius 2 is 0.891 bits per heavy atom. The molecular formula is C55H110N2O6P+. The van der Waals surface area contributed by atoms with Gasteiger partial charge in [-0.2, -0.15) is 0 Å². The van der Waals surface area contributed by atoms with Crippen LogP contribution in [0.4, 0.5) is 0 Å². The van der Waals surface area contributed by atoms with E-state index < -0.39 is 20.0 Å². The summed E-state index contributed by atoms with van der Waals surface area (Å²) in [5, 5.41) is 14.1. The summed E-state index contributed by atoms with van der Waals surface area (Å²) in [4.78, 5) is 23.3. The highest BCUT2D eigenvalue weighted by atomic mass is 31.2. The van der Waals surface area contributed by atoms with Crippen LogP contribution in [0, 0.1) is 0 Å². The van der Waals surface area contributed by atoms with Crippen LogP contribution in [0.5, 0.6) is 0 Å². The van der Waals surface area contributed by atoms with Gasteiger partial charge in [0.1, 0.15) is 13.2 Å². The van der Waals surface area contributed by atoms with E-state index in [1.807, 2.05) is 21.1 Å². The fraction of sp³-hybridized carbons (Fsp3) is 0.909. The van der Waals surface area contributed by atoms with Crippen LogP contribution < -0.4 is 5.32 Å². The van der Waals surface area contributed by atoms with E-state index in [2.05, 4.69) is 43.5 Å². The Labute approximate surface area is 398 Å². The van der Waals surface area contributed by atoms with Crippen LogP contribution in [0.2, 0.25) is 0 Å². The van der Waals surface area contributed by atoms with E-state index >= 15 is 0 Å². The van der Waals surface area contributed by atoms with Gasteiger partial charge in [0.25, 0.3) is 0 Å². The molecule has 1 amide bonds. The number of allylic oxidation sites excluding steroid dienone is 4. The molecule has 0 bridgehead atoms. The van der Waals surface area contributed by atoms with Gasteiger partial charge in [-0.1, -0.05) is 244 Å². The number of amides is 1. The van der Waals surface area contributed by atoms with Crippen LogP contribution in [0.25, 0.3) is 0 Å².